The molecule has 0 spiro atoms. The van der Waals surface area contributed by atoms with Crippen molar-refractivity contribution >= 4 is 23.4 Å². The van der Waals surface area contributed by atoms with Crippen LogP contribution >= 0.6 is 11.8 Å². The minimum atomic E-state index is -0.224. The molecule has 0 saturated heterocycles. The molecule has 4 rings (SSSR count). The van der Waals surface area contributed by atoms with Gasteiger partial charge in [-0.15, -0.1) is 5.10 Å². The van der Waals surface area contributed by atoms with Crippen LogP contribution in [-0.4, -0.2) is 51.6 Å². The number of hydrogen-bond acceptors (Lipinski definition) is 8. The van der Waals surface area contributed by atoms with E-state index in [0.29, 0.717) is 24.7 Å². The zero-order valence-corrected chi connectivity index (χ0v) is 22.4. The van der Waals surface area contributed by atoms with Crippen LogP contribution in [0.5, 0.6) is 11.5 Å². The molecule has 0 fully saturated rings. The lowest BCUT2D eigenvalue weighted by molar-refractivity contribution is -0.118. The van der Waals surface area contributed by atoms with Gasteiger partial charge in [-0.3, -0.25) is 4.79 Å². The van der Waals surface area contributed by atoms with Crippen LogP contribution in [-0.2, 0) is 11.3 Å². The Hall–Kier alpha value is -3.89. The van der Waals surface area contributed by atoms with Crippen molar-refractivity contribution in [2.24, 2.45) is 0 Å². The van der Waals surface area contributed by atoms with Gasteiger partial charge in [0.25, 0.3) is 5.91 Å². The highest BCUT2D eigenvalue weighted by Crippen LogP contribution is 2.28. The number of carbonyl (C=O) groups excluding carboxylic acids is 1. The lowest BCUT2D eigenvalue weighted by Gasteiger charge is -2.14. The molecule has 0 radical (unpaired) electrons. The summed E-state index contributed by atoms with van der Waals surface area (Å²) in [5, 5.41) is 19.1. The molecule has 1 aromatic heterocycles. The van der Waals surface area contributed by atoms with Crippen LogP contribution in [0.1, 0.15) is 24.5 Å². The molecule has 0 atom stereocenters. The molecule has 1 amide bonds. The Morgan fingerprint density at radius 2 is 1.82 bits per heavy atom. The van der Waals surface area contributed by atoms with E-state index >= 15 is 0 Å². The van der Waals surface area contributed by atoms with Gasteiger partial charge in [0.1, 0.15) is 0 Å². The zero-order chi connectivity index (χ0) is 26.6. The molecule has 9 nitrogen and oxygen atoms in total. The fourth-order valence-corrected chi connectivity index (χ4v) is 4.45. The number of tetrazole rings is 1. The Bertz CT molecular complexity index is 1300. The van der Waals surface area contributed by atoms with E-state index in [-0.39, 0.29) is 12.5 Å². The fourth-order valence-electron chi connectivity index (χ4n) is 3.62. The number of para-hydroxylation sites is 1. The predicted octanol–water partition coefficient (Wildman–Crippen LogP) is 4.66. The molecule has 3 aromatic carbocycles. The molecule has 38 heavy (non-hydrogen) atoms. The first-order valence-electron chi connectivity index (χ1n) is 12.5. The van der Waals surface area contributed by atoms with Gasteiger partial charge in [-0.05, 0) is 79.2 Å². The molecule has 4 aromatic rings. The molecule has 0 aliphatic heterocycles. The van der Waals surface area contributed by atoms with Crippen LogP contribution in [0.3, 0.4) is 0 Å². The van der Waals surface area contributed by atoms with Crippen molar-refractivity contribution in [2.45, 2.75) is 32.0 Å². The summed E-state index contributed by atoms with van der Waals surface area (Å²) >= 11 is 1.63. The van der Waals surface area contributed by atoms with Gasteiger partial charge < -0.3 is 20.1 Å². The average molecular weight is 533 g/mol. The van der Waals surface area contributed by atoms with Gasteiger partial charge in [0.15, 0.2) is 18.1 Å². The molecule has 198 valence electrons. The number of aryl methyl sites for hydroxylation is 1. The molecule has 2 N–H and O–H groups in total. The zero-order valence-electron chi connectivity index (χ0n) is 21.6. The number of anilines is 1. The van der Waals surface area contributed by atoms with E-state index in [0.717, 1.165) is 46.4 Å². The Kier molecular flexibility index (Phi) is 10.1. The predicted molar refractivity (Wildman–Crippen MR) is 149 cm³/mol. The highest BCUT2D eigenvalue weighted by Gasteiger charge is 2.11. The molecule has 0 bridgehead atoms. The minimum Gasteiger partial charge on any atom is -0.490 e. The van der Waals surface area contributed by atoms with Crippen molar-refractivity contribution < 1.29 is 14.3 Å². The Labute approximate surface area is 226 Å². The maximum Gasteiger partial charge on any atom is 0.262 e. The highest BCUT2D eigenvalue weighted by atomic mass is 32.2. The largest absolute Gasteiger partial charge is 0.490 e. The number of carbonyl (C=O) groups is 1. The number of benzene rings is 3. The van der Waals surface area contributed by atoms with Crippen LogP contribution in [0.25, 0.3) is 5.69 Å². The number of nitrogens with zero attached hydrogens (tertiary/aromatic N) is 4. The number of nitrogens with one attached hydrogen (secondary N) is 2. The molecular weight excluding hydrogens is 500 g/mol. The summed E-state index contributed by atoms with van der Waals surface area (Å²) in [6, 6.07) is 23.3. The molecule has 0 unspecified atom stereocenters. The number of rotatable bonds is 14. The van der Waals surface area contributed by atoms with Crippen molar-refractivity contribution in [2.75, 3.05) is 30.8 Å². The highest BCUT2D eigenvalue weighted by molar-refractivity contribution is 7.99. The van der Waals surface area contributed by atoms with Crippen molar-refractivity contribution in [3.05, 3.63) is 83.9 Å². The van der Waals surface area contributed by atoms with Crippen LogP contribution in [0.2, 0.25) is 0 Å². The second kappa shape index (κ2) is 14.2. The first-order valence-corrected chi connectivity index (χ1v) is 13.5. The van der Waals surface area contributed by atoms with Crippen LogP contribution < -0.4 is 20.1 Å². The summed E-state index contributed by atoms with van der Waals surface area (Å²) in [4.78, 5) is 12.3. The number of hydrogen-bond donors (Lipinski definition) is 2. The van der Waals surface area contributed by atoms with Crippen molar-refractivity contribution in [1.82, 2.24) is 25.5 Å². The van der Waals surface area contributed by atoms with E-state index in [1.807, 2.05) is 86.6 Å². The first kappa shape index (κ1) is 27.2. The summed E-state index contributed by atoms with van der Waals surface area (Å²) in [5.41, 5.74) is 3.90. The van der Waals surface area contributed by atoms with Gasteiger partial charge >= 0.3 is 0 Å². The Morgan fingerprint density at radius 3 is 2.61 bits per heavy atom. The molecule has 0 aliphatic rings. The first-order chi connectivity index (χ1) is 18.6. The van der Waals surface area contributed by atoms with Crippen LogP contribution in [0, 0.1) is 6.92 Å². The summed E-state index contributed by atoms with van der Waals surface area (Å²) in [7, 11) is 0. The second-order valence-electron chi connectivity index (χ2n) is 8.50. The standard InChI is InChI=1S/C28H32N6O3S/c1-3-36-26-18-22(12-15-25(26)37-20-27(35)30-23-13-10-21(2)11-14-23)19-29-16-7-17-38-28-31-32-33-34(28)24-8-5-4-6-9-24/h4-6,8-15,18,29H,3,7,16-17,19-20H2,1-2H3,(H,30,35). The van der Waals surface area contributed by atoms with E-state index in [2.05, 4.69) is 26.2 Å². The molecular formula is C28H32N6O3S. The van der Waals surface area contributed by atoms with Crippen LogP contribution in [0.4, 0.5) is 5.69 Å². The lowest BCUT2D eigenvalue weighted by atomic mass is 10.2. The summed E-state index contributed by atoms with van der Waals surface area (Å²) in [6.45, 7) is 5.87. The van der Waals surface area contributed by atoms with Gasteiger partial charge in [0.05, 0.1) is 12.3 Å². The fraction of sp³-hybridized carbons (Fsp3) is 0.286. The summed E-state index contributed by atoms with van der Waals surface area (Å²) in [6.07, 6.45) is 0.960. The molecule has 0 aliphatic carbocycles. The van der Waals surface area contributed by atoms with E-state index in [4.69, 9.17) is 9.47 Å². The Balaban J connectivity index is 1.20. The topological polar surface area (TPSA) is 103 Å². The normalized spacial score (nSPS) is 10.8. The Morgan fingerprint density at radius 1 is 1.00 bits per heavy atom. The van der Waals surface area contributed by atoms with E-state index in [9.17, 15) is 4.79 Å². The van der Waals surface area contributed by atoms with Crippen LogP contribution in [0.15, 0.2) is 78.0 Å². The third-order valence-corrected chi connectivity index (χ3v) is 6.51. The molecule has 0 saturated carbocycles. The third kappa shape index (κ3) is 8.06. The van der Waals surface area contributed by atoms with E-state index in [1.165, 1.54) is 0 Å². The molecule has 1 heterocycles. The second-order valence-corrected chi connectivity index (χ2v) is 9.57. The third-order valence-electron chi connectivity index (χ3n) is 5.50. The number of thioether (sulfide) groups is 1. The van der Waals surface area contributed by atoms with Crippen molar-refractivity contribution in [3.63, 3.8) is 0 Å². The van der Waals surface area contributed by atoms with Gasteiger partial charge in [-0.25, -0.2) is 0 Å². The average Bonchev–Trinajstić information content (AvgIpc) is 3.41. The van der Waals surface area contributed by atoms with E-state index in [1.54, 1.807) is 16.4 Å². The summed E-state index contributed by atoms with van der Waals surface area (Å²) in [5.74, 6) is 1.83. The van der Waals surface area contributed by atoms with Crippen molar-refractivity contribution in [1.29, 1.82) is 0 Å². The monoisotopic (exact) mass is 532 g/mol. The van der Waals surface area contributed by atoms with Gasteiger partial charge in [-0.1, -0.05) is 53.7 Å². The molecule has 10 heteroatoms. The maximum absolute atomic E-state index is 12.3. The SMILES string of the molecule is CCOc1cc(CNCCCSc2nnnn2-c2ccccc2)ccc1OCC(=O)Nc1ccc(C)cc1. The quantitative estimate of drug-likeness (QED) is 0.179. The van der Waals surface area contributed by atoms with Gasteiger partial charge in [0, 0.05) is 18.0 Å². The van der Waals surface area contributed by atoms with Gasteiger partial charge in [-0.2, -0.15) is 4.68 Å². The van der Waals surface area contributed by atoms with E-state index < -0.39 is 0 Å². The smallest absolute Gasteiger partial charge is 0.262 e. The van der Waals surface area contributed by atoms with Gasteiger partial charge in [0.2, 0.25) is 5.16 Å². The number of aromatic nitrogens is 4. The lowest BCUT2D eigenvalue weighted by Crippen LogP contribution is -2.20. The number of ether oxygens (including phenoxy) is 2. The maximum atomic E-state index is 12.3. The summed E-state index contributed by atoms with van der Waals surface area (Å²) < 4.78 is 13.3. The number of amides is 1. The van der Waals surface area contributed by atoms with Crippen molar-refractivity contribution in [3.8, 4) is 17.2 Å². The minimum absolute atomic E-state index is 0.100.